The van der Waals surface area contributed by atoms with Gasteiger partial charge >= 0.3 is 0 Å². The number of nitrogens with one attached hydrogen (secondary N) is 1. The molecule has 2 aromatic carbocycles. The summed E-state index contributed by atoms with van der Waals surface area (Å²) < 4.78 is 18.7. The van der Waals surface area contributed by atoms with Gasteiger partial charge in [0, 0.05) is 23.8 Å². The van der Waals surface area contributed by atoms with Gasteiger partial charge in [-0.3, -0.25) is 9.65 Å². The van der Waals surface area contributed by atoms with E-state index in [0.29, 0.717) is 19.8 Å². The minimum absolute atomic E-state index is 0.556. The van der Waals surface area contributed by atoms with Crippen LogP contribution in [0.2, 0.25) is 0 Å². The Morgan fingerprint density at radius 2 is 1.45 bits per heavy atom. The maximum Gasteiger partial charge on any atom is 0.204 e. The van der Waals surface area contributed by atoms with Crippen LogP contribution in [0, 0.1) is 0 Å². The Hall–Kier alpha value is -1.41. The van der Waals surface area contributed by atoms with Crippen molar-refractivity contribution in [2.75, 3.05) is 19.8 Å². The van der Waals surface area contributed by atoms with E-state index in [4.69, 9.17) is 4.74 Å². The van der Waals surface area contributed by atoms with Crippen LogP contribution in [0.3, 0.4) is 0 Å². The van der Waals surface area contributed by atoms with Crippen LogP contribution in [-0.2, 0) is 9.30 Å². The topological polar surface area (TPSA) is 38.3 Å². The molecule has 0 spiro atoms. The van der Waals surface area contributed by atoms with Gasteiger partial charge in [-0.1, -0.05) is 36.4 Å². The molecule has 106 valence electrons. The Morgan fingerprint density at radius 3 is 1.90 bits per heavy atom. The highest BCUT2D eigenvalue weighted by Crippen LogP contribution is 2.38. The Kier molecular flexibility index (Phi) is 5.54. The van der Waals surface area contributed by atoms with E-state index in [2.05, 4.69) is 5.09 Å². The summed E-state index contributed by atoms with van der Waals surface area (Å²) in [6.07, 6.45) is 0. The molecule has 4 heteroatoms. The van der Waals surface area contributed by atoms with Crippen LogP contribution < -0.4 is 15.7 Å². The standard InChI is InChI=1S/C16H20NO2P/c1-2-19-14-13-17-20(18,15-9-5-3-6-10-15)16-11-7-4-8-12-16/h3-12H,2,13-14H2,1H3,(H,17,18). The molecule has 0 bridgehead atoms. The van der Waals surface area contributed by atoms with Crippen molar-refractivity contribution >= 4 is 17.9 Å². The second-order valence-electron chi connectivity index (χ2n) is 4.39. The van der Waals surface area contributed by atoms with E-state index in [1.807, 2.05) is 67.6 Å². The van der Waals surface area contributed by atoms with Crippen LogP contribution in [0.15, 0.2) is 60.7 Å². The van der Waals surface area contributed by atoms with Crippen LogP contribution in [0.25, 0.3) is 0 Å². The fourth-order valence-electron chi connectivity index (χ4n) is 2.03. The predicted molar refractivity (Wildman–Crippen MR) is 84.3 cm³/mol. The molecule has 0 aliphatic rings. The molecule has 3 nitrogen and oxygen atoms in total. The van der Waals surface area contributed by atoms with E-state index in [1.165, 1.54) is 0 Å². The fourth-order valence-corrected chi connectivity index (χ4v) is 4.28. The molecule has 2 rings (SSSR count). The lowest BCUT2D eigenvalue weighted by atomic mass is 10.4. The van der Waals surface area contributed by atoms with Crippen LogP contribution in [0.4, 0.5) is 0 Å². The van der Waals surface area contributed by atoms with E-state index < -0.39 is 7.29 Å². The first-order valence-corrected chi connectivity index (χ1v) is 8.52. The first-order chi connectivity index (χ1) is 9.77. The molecule has 1 N–H and O–H groups in total. The fraction of sp³-hybridized carbons (Fsp3) is 0.250. The Balaban J connectivity index is 2.27. The lowest BCUT2D eigenvalue weighted by Gasteiger charge is -2.20. The number of hydrogen-bond donors (Lipinski definition) is 1. The molecular weight excluding hydrogens is 269 g/mol. The smallest absolute Gasteiger partial charge is 0.204 e. The van der Waals surface area contributed by atoms with Gasteiger partial charge in [-0.15, -0.1) is 0 Å². The zero-order chi connectivity index (χ0) is 14.3. The molecule has 2 aromatic rings. The first kappa shape index (κ1) is 15.0. The average Bonchev–Trinajstić information content (AvgIpc) is 2.53. The number of hydrogen-bond acceptors (Lipinski definition) is 2. The van der Waals surface area contributed by atoms with Gasteiger partial charge in [0.1, 0.15) is 0 Å². The van der Waals surface area contributed by atoms with Gasteiger partial charge < -0.3 is 4.74 Å². The van der Waals surface area contributed by atoms with Crippen molar-refractivity contribution in [3.63, 3.8) is 0 Å². The van der Waals surface area contributed by atoms with Crippen molar-refractivity contribution in [3.8, 4) is 0 Å². The highest BCUT2D eigenvalue weighted by Gasteiger charge is 2.25. The van der Waals surface area contributed by atoms with E-state index in [9.17, 15) is 4.57 Å². The second kappa shape index (κ2) is 7.39. The lowest BCUT2D eigenvalue weighted by molar-refractivity contribution is 0.153. The summed E-state index contributed by atoms with van der Waals surface area (Å²) in [7, 11) is -2.79. The number of ether oxygens (including phenoxy) is 1. The molecule has 0 radical (unpaired) electrons. The van der Waals surface area contributed by atoms with Crippen molar-refractivity contribution in [1.29, 1.82) is 0 Å². The van der Waals surface area contributed by atoms with Crippen molar-refractivity contribution in [3.05, 3.63) is 60.7 Å². The molecule has 0 fully saturated rings. The molecule has 20 heavy (non-hydrogen) atoms. The van der Waals surface area contributed by atoms with Crippen LogP contribution in [-0.4, -0.2) is 19.8 Å². The normalized spacial score (nSPS) is 11.4. The van der Waals surface area contributed by atoms with E-state index in [1.54, 1.807) is 0 Å². The monoisotopic (exact) mass is 289 g/mol. The highest BCUT2D eigenvalue weighted by molar-refractivity contribution is 7.76. The largest absolute Gasteiger partial charge is 0.380 e. The quantitative estimate of drug-likeness (QED) is 0.629. The molecule has 0 heterocycles. The Labute approximate surface area is 120 Å². The molecule has 0 saturated carbocycles. The zero-order valence-electron chi connectivity index (χ0n) is 11.7. The average molecular weight is 289 g/mol. The molecule has 0 aliphatic heterocycles. The maximum absolute atomic E-state index is 13.4. The summed E-state index contributed by atoms with van der Waals surface area (Å²) in [4.78, 5) is 0. The number of benzene rings is 2. The summed E-state index contributed by atoms with van der Waals surface area (Å²) in [6.45, 7) is 3.74. The Morgan fingerprint density at radius 1 is 0.950 bits per heavy atom. The third-order valence-corrected chi connectivity index (χ3v) is 5.74. The highest BCUT2D eigenvalue weighted by atomic mass is 31.2. The molecule has 0 aromatic heterocycles. The van der Waals surface area contributed by atoms with Crippen LogP contribution in [0.5, 0.6) is 0 Å². The van der Waals surface area contributed by atoms with Crippen LogP contribution in [0.1, 0.15) is 6.92 Å². The SMILES string of the molecule is CCOCCNP(=O)(c1ccccc1)c1ccccc1. The molecule has 0 amide bonds. The second-order valence-corrected chi connectivity index (χ2v) is 6.95. The van der Waals surface area contributed by atoms with Crippen LogP contribution >= 0.6 is 7.29 Å². The molecule has 0 unspecified atom stereocenters. The third-order valence-electron chi connectivity index (χ3n) is 3.02. The van der Waals surface area contributed by atoms with E-state index in [-0.39, 0.29) is 0 Å². The van der Waals surface area contributed by atoms with Gasteiger partial charge in [0.05, 0.1) is 6.61 Å². The summed E-state index contributed by atoms with van der Waals surface area (Å²) in [5.41, 5.74) is 0. The van der Waals surface area contributed by atoms with E-state index >= 15 is 0 Å². The van der Waals surface area contributed by atoms with Gasteiger partial charge in [-0.25, -0.2) is 0 Å². The zero-order valence-corrected chi connectivity index (χ0v) is 12.6. The van der Waals surface area contributed by atoms with Crippen molar-refractivity contribution in [2.24, 2.45) is 0 Å². The Bertz CT molecular complexity index is 514. The third kappa shape index (κ3) is 3.57. The van der Waals surface area contributed by atoms with Crippen molar-refractivity contribution < 1.29 is 9.30 Å². The van der Waals surface area contributed by atoms with E-state index in [0.717, 1.165) is 10.6 Å². The van der Waals surface area contributed by atoms with Gasteiger partial charge in [-0.05, 0) is 31.2 Å². The van der Waals surface area contributed by atoms with Crippen molar-refractivity contribution in [1.82, 2.24) is 5.09 Å². The minimum Gasteiger partial charge on any atom is -0.380 e. The summed E-state index contributed by atoms with van der Waals surface area (Å²) in [6, 6.07) is 19.1. The predicted octanol–water partition coefficient (Wildman–Crippen LogP) is 2.54. The van der Waals surface area contributed by atoms with Crippen molar-refractivity contribution in [2.45, 2.75) is 6.92 Å². The first-order valence-electron chi connectivity index (χ1n) is 6.81. The summed E-state index contributed by atoms with van der Waals surface area (Å²) in [5, 5.41) is 4.84. The van der Waals surface area contributed by atoms with Gasteiger partial charge in [0.25, 0.3) is 0 Å². The summed E-state index contributed by atoms with van der Waals surface area (Å²) in [5.74, 6) is 0. The number of rotatable bonds is 7. The summed E-state index contributed by atoms with van der Waals surface area (Å²) >= 11 is 0. The van der Waals surface area contributed by atoms with Gasteiger partial charge in [0.2, 0.25) is 7.29 Å². The molecule has 0 atom stereocenters. The van der Waals surface area contributed by atoms with Gasteiger partial charge in [0.15, 0.2) is 0 Å². The minimum atomic E-state index is -2.79. The van der Waals surface area contributed by atoms with Gasteiger partial charge in [-0.2, -0.15) is 0 Å². The lowest BCUT2D eigenvalue weighted by Crippen LogP contribution is -2.29. The molecule has 0 aliphatic carbocycles. The maximum atomic E-state index is 13.4. The molecule has 0 saturated heterocycles. The molecular formula is C16H20NO2P.